The average Bonchev–Trinajstić information content (AvgIpc) is 2.58. The van der Waals surface area contributed by atoms with Gasteiger partial charge in [0.25, 0.3) is 0 Å². The van der Waals surface area contributed by atoms with E-state index >= 15 is 0 Å². The Hall–Kier alpha value is -2.19. The zero-order chi connectivity index (χ0) is 18.4. The standard InChI is InChI=1S/C17H27N5O2S/c1-25(24)11-10-21-6-8-22(9-7-21)15(17(19)20)12-14(18)13-4-2-3-5-16(13)23/h2-5,12,23H,6-11,18-20H2,1H3/b14-12-. The van der Waals surface area contributed by atoms with Crippen molar-refractivity contribution in [3.05, 3.63) is 47.4 Å². The lowest BCUT2D eigenvalue weighted by Crippen LogP contribution is -2.47. The maximum absolute atomic E-state index is 11.2. The molecule has 0 spiro atoms. The van der Waals surface area contributed by atoms with Crippen LogP contribution in [-0.4, -0.2) is 63.8 Å². The third-order valence-corrected chi connectivity index (χ3v) is 4.97. The van der Waals surface area contributed by atoms with E-state index < -0.39 is 10.8 Å². The Morgan fingerprint density at radius 2 is 1.84 bits per heavy atom. The van der Waals surface area contributed by atoms with Gasteiger partial charge < -0.3 is 27.2 Å². The highest BCUT2D eigenvalue weighted by Crippen LogP contribution is 2.23. The van der Waals surface area contributed by atoms with Crippen LogP contribution in [0, 0.1) is 0 Å². The molecule has 0 aromatic heterocycles. The lowest BCUT2D eigenvalue weighted by atomic mass is 10.1. The number of phenolic OH excluding ortho intramolecular Hbond substituents is 1. The van der Waals surface area contributed by atoms with Crippen LogP contribution >= 0.6 is 0 Å². The Bertz CT molecular complexity index is 677. The van der Waals surface area contributed by atoms with Gasteiger partial charge in [0.15, 0.2) is 0 Å². The van der Waals surface area contributed by atoms with E-state index in [1.165, 1.54) is 0 Å². The van der Waals surface area contributed by atoms with Crippen molar-refractivity contribution in [1.82, 2.24) is 9.80 Å². The molecular weight excluding hydrogens is 338 g/mol. The number of hydrogen-bond acceptors (Lipinski definition) is 7. The predicted molar refractivity (Wildman–Crippen MR) is 103 cm³/mol. The van der Waals surface area contributed by atoms with Gasteiger partial charge in [-0.15, -0.1) is 0 Å². The molecule has 0 amide bonds. The molecule has 1 aromatic rings. The van der Waals surface area contributed by atoms with Crippen LogP contribution in [0.15, 0.2) is 41.9 Å². The normalized spacial score (nSPS) is 17.3. The number of aromatic hydroxyl groups is 1. The van der Waals surface area contributed by atoms with Gasteiger partial charge in [-0.1, -0.05) is 12.1 Å². The molecule has 138 valence electrons. The number of piperazine rings is 1. The first-order chi connectivity index (χ1) is 11.9. The van der Waals surface area contributed by atoms with E-state index in [1.807, 2.05) is 0 Å². The second-order valence-corrected chi connectivity index (χ2v) is 7.62. The molecule has 7 N–H and O–H groups in total. The van der Waals surface area contributed by atoms with E-state index in [2.05, 4.69) is 9.80 Å². The minimum atomic E-state index is -0.778. The Morgan fingerprint density at radius 3 is 2.40 bits per heavy atom. The maximum Gasteiger partial charge on any atom is 0.124 e. The van der Waals surface area contributed by atoms with Gasteiger partial charge in [0, 0.05) is 66.8 Å². The predicted octanol–water partition coefficient (Wildman–Crippen LogP) is -0.226. The Morgan fingerprint density at radius 1 is 1.20 bits per heavy atom. The van der Waals surface area contributed by atoms with Gasteiger partial charge in [-0.25, -0.2) is 0 Å². The smallest absolute Gasteiger partial charge is 0.124 e. The van der Waals surface area contributed by atoms with Crippen molar-refractivity contribution in [1.29, 1.82) is 0 Å². The lowest BCUT2D eigenvalue weighted by Gasteiger charge is -2.36. The minimum absolute atomic E-state index is 0.114. The molecule has 2 rings (SSSR count). The van der Waals surface area contributed by atoms with E-state index in [0.29, 0.717) is 22.7 Å². The molecule has 0 saturated carbocycles. The highest BCUT2D eigenvalue weighted by atomic mass is 32.2. The molecule has 1 aliphatic rings. The molecule has 1 saturated heterocycles. The molecule has 0 bridgehead atoms. The SMILES string of the molecule is CS(=O)CCN1CCN(C(/C=C(\N)c2ccccc2O)=C(N)N)CC1. The van der Waals surface area contributed by atoms with Crippen LogP contribution in [0.25, 0.3) is 5.70 Å². The van der Waals surface area contributed by atoms with Gasteiger partial charge in [-0.05, 0) is 18.2 Å². The number of benzene rings is 1. The molecule has 8 heteroatoms. The molecule has 1 atom stereocenters. The fourth-order valence-electron chi connectivity index (χ4n) is 2.77. The number of hydrogen-bond donors (Lipinski definition) is 4. The van der Waals surface area contributed by atoms with Crippen molar-refractivity contribution in [2.24, 2.45) is 17.2 Å². The van der Waals surface area contributed by atoms with E-state index in [9.17, 15) is 9.32 Å². The van der Waals surface area contributed by atoms with Gasteiger partial charge in [0.1, 0.15) is 11.6 Å². The number of para-hydroxylation sites is 1. The fraction of sp³-hybridized carbons (Fsp3) is 0.412. The van der Waals surface area contributed by atoms with Crippen molar-refractivity contribution in [2.45, 2.75) is 0 Å². The summed E-state index contributed by atoms with van der Waals surface area (Å²) in [4.78, 5) is 4.36. The number of nitrogens with zero attached hydrogens (tertiary/aromatic N) is 2. The van der Waals surface area contributed by atoms with Gasteiger partial charge in [-0.3, -0.25) is 9.11 Å². The molecule has 7 nitrogen and oxygen atoms in total. The Balaban J connectivity index is 2.08. The third kappa shape index (κ3) is 5.40. The molecule has 1 aliphatic heterocycles. The van der Waals surface area contributed by atoms with Gasteiger partial charge in [0.05, 0.1) is 5.70 Å². The van der Waals surface area contributed by atoms with Gasteiger partial charge in [-0.2, -0.15) is 0 Å². The van der Waals surface area contributed by atoms with Crippen LogP contribution in [0.5, 0.6) is 5.75 Å². The van der Waals surface area contributed by atoms with Crippen LogP contribution in [0.2, 0.25) is 0 Å². The molecule has 1 heterocycles. The van der Waals surface area contributed by atoms with E-state index in [4.69, 9.17) is 17.2 Å². The lowest BCUT2D eigenvalue weighted by molar-refractivity contribution is 0.168. The molecule has 1 aromatic carbocycles. The van der Waals surface area contributed by atoms with Crippen LogP contribution in [0.1, 0.15) is 5.56 Å². The van der Waals surface area contributed by atoms with Crippen molar-refractivity contribution >= 4 is 16.5 Å². The summed E-state index contributed by atoms with van der Waals surface area (Å²) >= 11 is 0. The second kappa shape index (κ2) is 8.77. The average molecular weight is 366 g/mol. The molecule has 25 heavy (non-hydrogen) atoms. The molecular formula is C17H27N5O2S. The Labute approximate surface area is 151 Å². The van der Waals surface area contributed by atoms with Crippen LogP contribution < -0.4 is 17.2 Å². The molecule has 0 aliphatic carbocycles. The van der Waals surface area contributed by atoms with Crippen LogP contribution in [0.3, 0.4) is 0 Å². The highest BCUT2D eigenvalue weighted by Gasteiger charge is 2.20. The third-order valence-electron chi connectivity index (χ3n) is 4.21. The molecule has 1 unspecified atom stereocenters. The first kappa shape index (κ1) is 19.1. The second-order valence-electron chi connectivity index (χ2n) is 6.06. The van der Waals surface area contributed by atoms with Crippen molar-refractivity contribution in [3.8, 4) is 5.75 Å². The maximum atomic E-state index is 11.2. The Kier molecular flexibility index (Phi) is 6.72. The molecule has 0 radical (unpaired) electrons. The zero-order valence-electron chi connectivity index (χ0n) is 14.5. The largest absolute Gasteiger partial charge is 0.507 e. The van der Waals surface area contributed by atoms with Crippen LogP contribution in [0.4, 0.5) is 0 Å². The fourth-order valence-corrected chi connectivity index (χ4v) is 3.29. The number of phenols is 1. The zero-order valence-corrected chi connectivity index (χ0v) is 15.3. The number of nitrogens with two attached hydrogens (primary N) is 3. The summed E-state index contributed by atoms with van der Waals surface area (Å²) in [6.45, 7) is 4.03. The quantitative estimate of drug-likeness (QED) is 0.514. The minimum Gasteiger partial charge on any atom is -0.507 e. The van der Waals surface area contributed by atoms with Crippen molar-refractivity contribution in [2.75, 3.05) is 44.7 Å². The number of rotatable bonds is 6. The summed E-state index contributed by atoms with van der Waals surface area (Å²) in [5, 5.41) is 9.94. The van der Waals surface area contributed by atoms with Gasteiger partial charge >= 0.3 is 0 Å². The van der Waals surface area contributed by atoms with E-state index in [1.54, 1.807) is 36.6 Å². The monoisotopic (exact) mass is 365 g/mol. The summed E-state index contributed by atoms with van der Waals surface area (Å²) in [5.41, 5.74) is 19.5. The topological polar surface area (TPSA) is 122 Å². The van der Waals surface area contributed by atoms with Crippen LogP contribution in [-0.2, 0) is 10.8 Å². The number of allylic oxidation sites excluding steroid dienone is 1. The highest BCUT2D eigenvalue weighted by molar-refractivity contribution is 7.84. The van der Waals surface area contributed by atoms with Gasteiger partial charge in [0.2, 0.25) is 0 Å². The van der Waals surface area contributed by atoms with Crippen molar-refractivity contribution in [3.63, 3.8) is 0 Å². The first-order valence-corrected chi connectivity index (χ1v) is 9.89. The molecule has 1 fully saturated rings. The first-order valence-electron chi connectivity index (χ1n) is 8.16. The summed E-state index contributed by atoms with van der Waals surface area (Å²) in [6.07, 6.45) is 3.43. The summed E-state index contributed by atoms with van der Waals surface area (Å²) in [6, 6.07) is 6.88. The summed E-state index contributed by atoms with van der Waals surface area (Å²) in [7, 11) is -0.778. The van der Waals surface area contributed by atoms with E-state index in [0.717, 1.165) is 32.7 Å². The summed E-state index contributed by atoms with van der Waals surface area (Å²) < 4.78 is 11.2. The van der Waals surface area contributed by atoms with E-state index in [-0.39, 0.29) is 11.6 Å². The summed E-state index contributed by atoms with van der Waals surface area (Å²) in [5.74, 6) is 0.993. The van der Waals surface area contributed by atoms with Crippen molar-refractivity contribution < 1.29 is 9.32 Å².